The molecule has 2 fully saturated rings. The first kappa shape index (κ1) is 24.6. The Bertz CT molecular complexity index is 1190. The van der Waals surface area contributed by atoms with Gasteiger partial charge in [0.15, 0.2) is 6.10 Å². The molecular formula is C22H25F5N4O3S. The van der Waals surface area contributed by atoms with E-state index >= 15 is 0 Å². The van der Waals surface area contributed by atoms with Crippen LogP contribution in [0.4, 0.5) is 22.0 Å². The van der Waals surface area contributed by atoms with Gasteiger partial charge in [0.25, 0.3) is 10.0 Å². The highest BCUT2D eigenvalue weighted by Gasteiger charge is 2.54. The van der Waals surface area contributed by atoms with E-state index in [1.165, 1.54) is 11.1 Å². The lowest BCUT2D eigenvalue weighted by atomic mass is 9.89. The Balaban J connectivity index is 1.37. The Kier molecular flexibility index (Phi) is 6.17. The summed E-state index contributed by atoms with van der Waals surface area (Å²) in [5.41, 5.74) is 6.68. The van der Waals surface area contributed by atoms with Gasteiger partial charge in [0.1, 0.15) is 17.7 Å². The van der Waals surface area contributed by atoms with Gasteiger partial charge >= 0.3 is 6.18 Å². The lowest BCUT2D eigenvalue weighted by molar-refractivity contribution is -0.269. The van der Waals surface area contributed by atoms with Crippen LogP contribution in [0.25, 0.3) is 0 Å². The molecule has 0 spiro atoms. The smallest absolute Gasteiger partial charge is 0.357 e. The number of rotatable bonds is 4. The van der Waals surface area contributed by atoms with Gasteiger partial charge in [-0.05, 0) is 37.5 Å². The summed E-state index contributed by atoms with van der Waals surface area (Å²) in [7, 11) is -3.65. The first-order valence-corrected chi connectivity index (χ1v) is 12.9. The van der Waals surface area contributed by atoms with E-state index in [9.17, 15) is 30.4 Å². The second kappa shape index (κ2) is 8.79. The highest BCUT2D eigenvalue weighted by atomic mass is 32.2. The lowest BCUT2D eigenvalue weighted by Crippen LogP contribution is -2.58. The Morgan fingerprint density at radius 1 is 1.11 bits per heavy atom. The van der Waals surface area contributed by atoms with Crippen molar-refractivity contribution in [1.82, 2.24) is 14.1 Å². The summed E-state index contributed by atoms with van der Waals surface area (Å²) in [5.74, 6) is -1.71. The lowest BCUT2D eigenvalue weighted by Gasteiger charge is -2.44. The fourth-order valence-corrected chi connectivity index (χ4v) is 7.13. The molecule has 1 aliphatic carbocycles. The highest BCUT2D eigenvalue weighted by molar-refractivity contribution is 7.90. The summed E-state index contributed by atoms with van der Waals surface area (Å²) in [4.78, 5) is 1.50. The summed E-state index contributed by atoms with van der Waals surface area (Å²) in [6.07, 6.45) is -4.58. The number of ether oxygens (including phenoxy) is 1. The number of hydrogen-bond acceptors (Lipinski definition) is 6. The number of nitrogens with two attached hydrogens (primary N) is 1. The van der Waals surface area contributed by atoms with E-state index < -0.39 is 57.4 Å². The van der Waals surface area contributed by atoms with Crippen LogP contribution in [0.3, 0.4) is 0 Å². The molecule has 7 nitrogen and oxygen atoms in total. The zero-order valence-corrected chi connectivity index (χ0v) is 19.4. The molecule has 2 aliphatic heterocycles. The van der Waals surface area contributed by atoms with Crippen molar-refractivity contribution >= 4 is 10.0 Å². The van der Waals surface area contributed by atoms with Crippen molar-refractivity contribution in [3.05, 3.63) is 52.9 Å². The second-order valence-corrected chi connectivity index (χ2v) is 11.6. The minimum absolute atomic E-state index is 0.00512. The molecule has 3 heterocycles. The van der Waals surface area contributed by atoms with Crippen molar-refractivity contribution < 1.29 is 35.1 Å². The summed E-state index contributed by atoms with van der Waals surface area (Å²) >= 11 is 0. The fourth-order valence-electron chi connectivity index (χ4n) is 5.40. The van der Waals surface area contributed by atoms with Crippen LogP contribution >= 0.6 is 0 Å². The number of alkyl halides is 3. The van der Waals surface area contributed by atoms with E-state index in [1.54, 1.807) is 0 Å². The molecule has 5 rings (SSSR count). The van der Waals surface area contributed by atoms with Gasteiger partial charge in [-0.2, -0.15) is 22.4 Å². The molecule has 4 atom stereocenters. The Morgan fingerprint density at radius 2 is 1.83 bits per heavy atom. The molecule has 0 amide bonds. The zero-order chi connectivity index (χ0) is 25.1. The predicted molar refractivity (Wildman–Crippen MR) is 114 cm³/mol. The van der Waals surface area contributed by atoms with Crippen LogP contribution in [0.1, 0.15) is 55.0 Å². The standard InChI is InChI=1S/C22H25F5N4O3S/c23-13-5-6-16(24)15(7-13)20-17(28)8-19(21(34-20)22(25,26)27)30-9-12-10-31(29-18(12)11-30)35(32,33)14-3-1-2-4-14/h5-7,10,14,17,19-21H,1-4,8-9,11,28H2/t17-,19+,20+,21+/m0/s1. The molecule has 3 aliphatic rings. The average Bonchev–Trinajstić information content (AvgIpc) is 3.51. The number of benzene rings is 1. The third-order valence-corrected chi connectivity index (χ3v) is 9.19. The maximum absolute atomic E-state index is 14.3. The van der Waals surface area contributed by atoms with Crippen LogP contribution in [0, 0.1) is 11.6 Å². The largest absolute Gasteiger partial charge is 0.416 e. The molecule has 192 valence electrons. The Morgan fingerprint density at radius 3 is 2.49 bits per heavy atom. The quantitative estimate of drug-likeness (QED) is 0.622. The molecule has 35 heavy (non-hydrogen) atoms. The van der Waals surface area contributed by atoms with Crippen LogP contribution in [0.2, 0.25) is 0 Å². The zero-order valence-electron chi connectivity index (χ0n) is 18.6. The maximum Gasteiger partial charge on any atom is 0.416 e. The minimum atomic E-state index is -4.79. The van der Waals surface area contributed by atoms with Crippen LogP contribution in [-0.4, -0.2) is 52.1 Å². The SMILES string of the molecule is N[C@H]1C[C@@H](N2Cc3cn(S(=O)(=O)C4CCCC4)nc3C2)[C@H](C(F)(F)F)O[C@@H]1c1cc(F)ccc1F. The average molecular weight is 521 g/mol. The number of hydrogen-bond donors (Lipinski definition) is 1. The van der Waals surface area contributed by atoms with Gasteiger partial charge < -0.3 is 10.5 Å². The van der Waals surface area contributed by atoms with Gasteiger partial charge in [0.2, 0.25) is 0 Å². The summed E-state index contributed by atoms with van der Waals surface area (Å²) < 4.78 is 102. The van der Waals surface area contributed by atoms with Gasteiger partial charge in [0, 0.05) is 42.5 Å². The Labute approximate surface area is 199 Å². The molecule has 1 saturated carbocycles. The van der Waals surface area contributed by atoms with E-state index in [-0.39, 0.29) is 25.1 Å². The maximum atomic E-state index is 14.3. The third kappa shape index (κ3) is 4.47. The van der Waals surface area contributed by atoms with Gasteiger partial charge in [-0.15, -0.1) is 0 Å². The van der Waals surface area contributed by atoms with Crippen molar-refractivity contribution in [1.29, 1.82) is 0 Å². The molecule has 1 aromatic carbocycles. The molecule has 1 aromatic heterocycles. The minimum Gasteiger partial charge on any atom is -0.357 e. The van der Waals surface area contributed by atoms with Gasteiger partial charge in [-0.1, -0.05) is 12.8 Å². The monoisotopic (exact) mass is 520 g/mol. The van der Waals surface area contributed by atoms with E-state index in [0.717, 1.165) is 35.1 Å². The van der Waals surface area contributed by atoms with Crippen molar-refractivity contribution in [2.75, 3.05) is 0 Å². The number of fused-ring (bicyclic) bond motifs is 1. The van der Waals surface area contributed by atoms with Crippen LogP contribution in [-0.2, 0) is 27.8 Å². The van der Waals surface area contributed by atoms with Crippen molar-refractivity contribution in [2.45, 2.75) is 80.9 Å². The molecule has 0 bridgehead atoms. The van der Waals surface area contributed by atoms with Crippen LogP contribution < -0.4 is 5.73 Å². The molecule has 0 radical (unpaired) electrons. The summed E-state index contributed by atoms with van der Waals surface area (Å²) in [6.45, 7) is 0.0384. The number of halogens is 5. The first-order valence-electron chi connectivity index (χ1n) is 11.4. The molecule has 1 saturated heterocycles. The summed E-state index contributed by atoms with van der Waals surface area (Å²) in [6, 6.07) is 0.266. The molecular weight excluding hydrogens is 495 g/mol. The van der Waals surface area contributed by atoms with Crippen LogP contribution in [0.5, 0.6) is 0 Å². The number of nitrogens with zero attached hydrogens (tertiary/aromatic N) is 3. The van der Waals surface area contributed by atoms with Gasteiger partial charge in [-0.25, -0.2) is 17.2 Å². The van der Waals surface area contributed by atoms with Crippen molar-refractivity contribution in [3.8, 4) is 0 Å². The highest BCUT2D eigenvalue weighted by Crippen LogP contribution is 2.42. The summed E-state index contributed by atoms with van der Waals surface area (Å²) in [5, 5.41) is 3.68. The third-order valence-electron chi connectivity index (χ3n) is 7.17. The van der Waals surface area contributed by atoms with Gasteiger partial charge in [-0.3, -0.25) is 4.90 Å². The van der Waals surface area contributed by atoms with Crippen molar-refractivity contribution in [2.24, 2.45) is 5.73 Å². The molecule has 0 unspecified atom stereocenters. The van der Waals surface area contributed by atoms with E-state index in [2.05, 4.69) is 5.10 Å². The number of aromatic nitrogens is 2. The van der Waals surface area contributed by atoms with Crippen LogP contribution in [0.15, 0.2) is 24.4 Å². The van der Waals surface area contributed by atoms with E-state index in [1.807, 2.05) is 0 Å². The van der Waals surface area contributed by atoms with Crippen molar-refractivity contribution in [3.63, 3.8) is 0 Å². The molecule has 2 aromatic rings. The predicted octanol–water partition coefficient (Wildman–Crippen LogP) is 3.39. The fraction of sp³-hybridized carbons (Fsp3) is 0.591. The Hall–Kier alpha value is -2.09. The second-order valence-electron chi connectivity index (χ2n) is 9.48. The van der Waals surface area contributed by atoms with Gasteiger partial charge in [0.05, 0.1) is 10.9 Å². The molecule has 2 N–H and O–H groups in total. The van der Waals surface area contributed by atoms with E-state index in [4.69, 9.17) is 10.5 Å². The van der Waals surface area contributed by atoms with E-state index in [0.29, 0.717) is 24.1 Å². The normalized spacial score (nSPS) is 28.5. The topological polar surface area (TPSA) is 90.5 Å². The molecule has 13 heteroatoms. The first-order chi connectivity index (χ1) is 16.4.